The molecule has 0 bridgehead atoms. The Morgan fingerprint density at radius 3 is 2.63 bits per heavy atom. The SMILES string of the molecule is CCCCC(=O)NCC(=O)Nc1ccc(Br)c(C)c1. The van der Waals surface area contributed by atoms with Crippen LogP contribution in [-0.4, -0.2) is 18.4 Å². The van der Waals surface area contributed by atoms with Gasteiger partial charge in [0, 0.05) is 16.6 Å². The van der Waals surface area contributed by atoms with Crippen molar-refractivity contribution < 1.29 is 9.59 Å². The van der Waals surface area contributed by atoms with Crippen LogP contribution in [0, 0.1) is 6.92 Å². The Labute approximate surface area is 122 Å². The summed E-state index contributed by atoms with van der Waals surface area (Å²) in [6.45, 7) is 3.99. The van der Waals surface area contributed by atoms with Gasteiger partial charge in [-0.15, -0.1) is 0 Å². The maximum absolute atomic E-state index is 11.6. The lowest BCUT2D eigenvalue weighted by atomic mass is 10.2. The first-order chi connectivity index (χ1) is 9.02. The van der Waals surface area contributed by atoms with Crippen LogP contribution in [-0.2, 0) is 9.59 Å². The molecule has 104 valence electrons. The highest BCUT2D eigenvalue weighted by atomic mass is 79.9. The number of amides is 2. The van der Waals surface area contributed by atoms with Crippen molar-refractivity contribution >= 4 is 33.4 Å². The first-order valence-corrected chi connectivity index (χ1v) is 7.15. The first-order valence-electron chi connectivity index (χ1n) is 6.35. The molecular weight excluding hydrogens is 308 g/mol. The zero-order valence-electron chi connectivity index (χ0n) is 11.3. The molecule has 0 aliphatic carbocycles. The van der Waals surface area contributed by atoms with Crippen molar-refractivity contribution in [3.05, 3.63) is 28.2 Å². The monoisotopic (exact) mass is 326 g/mol. The van der Waals surface area contributed by atoms with Crippen molar-refractivity contribution in [2.45, 2.75) is 33.1 Å². The van der Waals surface area contributed by atoms with Gasteiger partial charge >= 0.3 is 0 Å². The molecule has 19 heavy (non-hydrogen) atoms. The lowest BCUT2D eigenvalue weighted by Gasteiger charge is -2.08. The lowest BCUT2D eigenvalue weighted by molar-refractivity contribution is -0.124. The topological polar surface area (TPSA) is 58.2 Å². The molecule has 0 saturated carbocycles. The van der Waals surface area contributed by atoms with Crippen molar-refractivity contribution in [3.8, 4) is 0 Å². The fraction of sp³-hybridized carbons (Fsp3) is 0.429. The molecule has 0 atom stereocenters. The number of hydrogen-bond donors (Lipinski definition) is 2. The molecule has 0 aliphatic heterocycles. The minimum Gasteiger partial charge on any atom is -0.347 e. The van der Waals surface area contributed by atoms with Crippen molar-refractivity contribution in [3.63, 3.8) is 0 Å². The number of carbonyl (C=O) groups is 2. The Bertz CT molecular complexity index is 461. The van der Waals surface area contributed by atoms with E-state index in [1.807, 2.05) is 32.0 Å². The molecule has 1 aromatic rings. The third kappa shape index (κ3) is 5.87. The quantitative estimate of drug-likeness (QED) is 0.844. The summed E-state index contributed by atoms with van der Waals surface area (Å²) in [5.74, 6) is -0.296. The molecule has 0 aliphatic rings. The van der Waals surface area contributed by atoms with Crippen LogP contribution in [0.5, 0.6) is 0 Å². The van der Waals surface area contributed by atoms with Gasteiger partial charge in [0.2, 0.25) is 11.8 Å². The number of rotatable bonds is 6. The van der Waals surface area contributed by atoms with Crippen LogP contribution in [0.1, 0.15) is 31.7 Å². The molecule has 0 unspecified atom stereocenters. The molecule has 0 fully saturated rings. The second-order valence-corrected chi connectivity index (χ2v) is 5.25. The number of halogens is 1. The van der Waals surface area contributed by atoms with Crippen molar-refractivity contribution in [2.24, 2.45) is 0 Å². The number of nitrogens with one attached hydrogen (secondary N) is 2. The van der Waals surface area contributed by atoms with Gasteiger partial charge in [-0.05, 0) is 37.1 Å². The predicted octanol–water partition coefficient (Wildman–Crippen LogP) is 3.00. The van der Waals surface area contributed by atoms with Crippen LogP contribution in [0.4, 0.5) is 5.69 Å². The van der Waals surface area contributed by atoms with E-state index >= 15 is 0 Å². The first kappa shape index (κ1) is 15.7. The van der Waals surface area contributed by atoms with Gasteiger partial charge in [0.15, 0.2) is 0 Å². The second-order valence-electron chi connectivity index (χ2n) is 4.39. The smallest absolute Gasteiger partial charge is 0.243 e. The highest BCUT2D eigenvalue weighted by Crippen LogP contribution is 2.19. The molecule has 0 heterocycles. The summed E-state index contributed by atoms with van der Waals surface area (Å²) in [5, 5.41) is 5.35. The fourth-order valence-electron chi connectivity index (χ4n) is 1.53. The molecule has 0 radical (unpaired) electrons. The van der Waals surface area contributed by atoms with Crippen LogP contribution < -0.4 is 10.6 Å². The minimum atomic E-state index is -0.216. The van der Waals surface area contributed by atoms with Gasteiger partial charge in [0.25, 0.3) is 0 Å². The van der Waals surface area contributed by atoms with E-state index < -0.39 is 0 Å². The predicted molar refractivity (Wildman–Crippen MR) is 80.0 cm³/mol. The minimum absolute atomic E-state index is 0.0116. The van der Waals surface area contributed by atoms with E-state index in [-0.39, 0.29) is 18.4 Å². The van der Waals surface area contributed by atoms with E-state index in [2.05, 4.69) is 26.6 Å². The van der Waals surface area contributed by atoms with Gasteiger partial charge in [0.05, 0.1) is 6.54 Å². The Morgan fingerprint density at radius 1 is 1.26 bits per heavy atom. The summed E-state index contributed by atoms with van der Waals surface area (Å²) >= 11 is 3.40. The van der Waals surface area contributed by atoms with Gasteiger partial charge in [-0.3, -0.25) is 9.59 Å². The average molecular weight is 327 g/mol. The second kappa shape index (κ2) is 7.94. The maximum Gasteiger partial charge on any atom is 0.243 e. The fourth-order valence-corrected chi connectivity index (χ4v) is 1.78. The third-order valence-corrected chi connectivity index (χ3v) is 3.53. The van der Waals surface area contributed by atoms with Crippen LogP contribution in [0.25, 0.3) is 0 Å². The van der Waals surface area contributed by atoms with Gasteiger partial charge < -0.3 is 10.6 Å². The number of benzene rings is 1. The number of hydrogen-bond acceptors (Lipinski definition) is 2. The van der Waals surface area contributed by atoms with E-state index in [1.165, 1.54) is 0 Å². The van der Waals surface area contributed by atoms with Crippen LogP contribution in [0.3, 0.4) is 0 Å². The van der Waals surface area contributed by atoms with Crippen LogP contribution >= 0.6 is 15.9 Å². The summed E-state index contributed by atoms with van der Waals surface area (Å²) in [5.41, 5.74) is 1.78. The summed E-state index contributed by atoms with van der Waals surface area (Å²) < 4.78 is 0.998. The van der Waals surface area contributed by atoms with Crippen LogP contribution in [0.15, 0.2) is 22.7 Å². The van der Waals surface area contributed by atoms with E-state index in [0.717, 1.165) is 28.6 Å². The Morgan fingerprint density at radius 2 is 2.00 bits per heavy atom. The molecule has 1 rings (SSSR count). The largest absolute Gasteiger partial charge is 0.347 e. The Balaban J connectivity index is 2.38. The highest BCUT2D eigenvalue weighted by Gasteiger charge is 2.06. The molecular formula is C14H19BrN2O2. The number of carbonyl (C=O) groups excluding carboxylic acids is 2. The normalized spacial score (nSPS) is 10.1. The molecule has 2 N–H and O–H groups in total. The lowest BCUT2D eigenvalue weighted by Crippen LogP contribution is -2.32. The van der Waals surface area contributed by atoms with Crippen molar-refractivity contribution in [1.82, 2.24) is 5.32 Å². The molecule has 4 nitrogen and oxygen atoms in total. The van der Waals surface area contributed by atoms with E-state index in [9.17, 15) is 9.59 Å². The summed E-state index contributed by atoms with van der Waals surface area (Å²) in [7, 11) is 0. The molecule has 0 spiro atoms. The van der Waals surface area contributed by atoms with E-state index in [0.29, 0.717) is 6.42 Å². The van der Waals surface area contributed by atoms with Gasteiger partial charge in [-0.2, -0.15) is 0 Å². The zero-order chi connectivity index (χ0) is 14.3. The molecule has 2 amide bonds. The molecule has 0 saturated heterocycles. The Hall–Kier alpha value is -1.36. The van der Waals surface area contributed by atoms with Gasteiger partial charge in [0.1, 0.15) is 0 Å². The number of anilines is 1. The van der Waals surface area contributed by atoms with Crippen LogP contribution in [0.2, 0.25) is 0 Å². The van der Waals surface area contributed by atoms with Gasteiger partial charge in [-0.1, -0.05) is 29.3 Å². The summed E-state index contributed by atoms with van der Waals surface area (Å²) in [4.78, 5) is 23.0. The Kier molecular flexibility index (Phi) is 6.56. The molecule has 0 aromatic heterocycles. The molecule has 5 heteroatoms. The average Bonchev–Trinajstić information content (AvgIpc) is 2.38. The van der Waals surface area contributed by atoms with E-state index in [1.54, 1.807) is 0 Å². The van der Waals surface area contributed by atoms with Crippen molar-refractivity contribution in [2.75, 3.05) is 11.9 Å². The molecule has 1 aromatic carbocycles. The third-order valence-electron chi connectivity index (χ3n) is 2.65. The number of aryl methyl sites for hydroxylation is 1. The standard InChI is InChI=1S/C14H19BrN2O2/c1-3-4-5-13(18)16-9-14(19)17-11-6-7-12(15)10(2)8-11/h6-8H,3-5,9H2,1-2H3,(H,16,18)(H,17,19). The number of unbranched alkanes of at least 4 members (excludes halogenated alkanes) is 1. The summed E-state index contributed by atoms with van der Waals surface area (Å²) in [6, 6.07) is 5.57. The summed E-state index contributed by atoms with van der Waals surface area (Å²) in [6.07, 6.45) is 2.29. The van der Waals surface area contributed by atoms with Gasteiger partial charge in [-0.25, -0.2) is 0 Å². The zero-order valence-corrected chi connectivity index (χ0v) is 12.8. The highest BCUT2D eigenvalue weighted by molar-refractivity contribution is 9.10. The van der Waals surface area contributed by atoms with E-state index in [4.69, 9.17) is 0 Å². The van der Waals surface area contributed by atoms with Crippen molar-refractivity contribution in [1.29, 1.82) is 0 Å². The maximum atomic E-state index is 11.6.